The number of benzene rings is 1. The molecule has 0 saturated carbocycles. The minimum absolute atomic E-state index is 0.00144. The van der Waals surface area contributed by atoms with Crippen molar-refractivity contribution in [2.75, 3.05) is 20.5 Å². The van der Waals surface area contributed by atoms with E-state index in [-0.39, 0.29) is 30.8 Å². The van der Waals surface area contributed by atoms with Gasteiger partial charge in [0.25, 0.3) is 0 Å². The lowest BCUT2D eigenvalue weighted by Gasteiger charge is -2.16. The van der Waals surface area contributed by atoms with E-state index >= 15 is 0 Å². The molecule has 0 unspecified atom stereocenters. The first-order valence-electron chi connectivity index (χ1n) is 8.60. The average Bonchev–Trinajstić information content (AvgIpc) is 2.79. The molecule has 1 aromatic heterocycles. The summed E-state index contributed by atoms with van der Waals surface area (Å²) in [5, 5.41) is 0. The minimum Gasteiger partial charge on any atom is -0.405 e. The number of halogens is 4. The fourth-order valence-electron chi connectivity index (χ4n) is 3.07. The molecule has 2 aromatic rings. The summed E-state index contributed by atoms with van der Waals surface area (Å²) in [6, 6.07) is 4.43. The molecule has 1 aliphatic rings. The van der Waals surface area contributed by atoms with Crippen LogP contribution in [0.25, 0.3) is 11.4 Å². The molecule has 10 heteroatoms. The number of nitrogens with zero attached hydrogens (tertiary/aromatic N) is 2. The van der Waals surface area contributed by atoms with Crippen LogP contribution in [0.2, 0.25) is 0 Å². The number of imidazole rings is 1. The first-order valence-corrected chi connectivity index (χ1v) is 9.40. The molecular formula is C18H20BrF3N2O4. The highest BCUT2D eigenvalue weighted by atomic mass is 79.9. The zero-order chi connectivity index (χ0) is 20.3. The van der Waals surface area contributed by atoms with Gasteiger partial charge in [0.2, 0.25) is 0 Å². The van der Waals surface area contributed by atoms with Gasteiger partial charge in [0.15, 0.2) is 0 Å². The largest absolute Gasteiger partial charge is 0.573 e. The van der Waals surface area contributed by atoms with E-state index in [2.05, 4.69) is 25.7 Å². The van der Waals surface area contributed by atoms with Gasteiger partial charge in [-0.3, -0.25) is 0 Å². The van der Waals surface area contributed by atoms with Crippen LogP contribution in [-0.2, 0) is 33.8 Å². The monoisotopic (exact) mass is 464 g/mol. The average molecular weight is 465 g/mol. The van der Waals surface area contributed by atoms with Crippen LogP contribution in [0.4, 0.5) is 13.2 Å². The molecule has 154 valence electrons. The molecule has 2 heterocycles. The Kier molecular flexibility index (Phi) is 6.64. The van der Waals surface area contributed by atoms with Crippen LogP contribution in [0, 0.1) is 0 Å². The molecule has 0 aliphatic carbocycles. The molecule has 3 rings (SSSR count). The predicted octanol–water partition coefficient (Wildman–Crippen LogP) is 4.29. The number of alkyl halides is 3. The number of hydrogen-bond acceptors (Lipinski definition) is 5. The third-order valence-electron chi connectivity index (χ3n) is 4.21. The SMILES string of the molecule is COCOCc1cc(-c2nc(Br)c3n2C[C@@H](C)OCC3)ccc1OC(F)(F)F. The lowest BCUT2D eigenvalue weighted by molar-refractivity contribution is -0.275. The summed E-state index contributed by atoms with van der Waals surface area (Å²) in [4.78, 5) is 4.58. The Balaban J connectivity index is 1.99. The highest BCUT2D eigenvalue weighted by Gasteiger charge is 2.32. The van der Waals surface area contributed by atoms with Crippen LogP contribution in [0.15, 0.2) is 22.8 Å². The number of aromatic nitrogens is 2. The zero-order valence-corrected chi connectivity index (χ0v) is 17.0. The van der Waals surface area contributed by atoms with Crippen LogP contribution < -0.4 is 4.74 Å². The molecule has 1 atom stereocenters. The normalized spacial score (nSPS) is 17.3. The molecule has 28 heavy (non-hydrogen) atoms. The molecule has 6 nitrogen and oxygen atoms in total. The van der Waals surface area contributed by atoms with Crippen LogP contribution >= 0.6 is 15.9 Å². The van der Waals surface area contributed by atoms with E-state index in [4.69, 9.17) is 14.2 Å². The molecule has 0 radical (unpaired) electrons. The van der Waals surface area contributed by atoms with Crippen LogP contribution in [-0.4, -0.2) is 42.5 Å². The second kappa shape index (κ2) is 8.81. The maximum absolute atomic E-state index is 12.7. The lowest BCUT2D eigenvalue weighted by atomic mass is 10.1. The Labute approximate surface area is 168 Å². The van der Waals surface area contributed by atoms with Gasteiger partial charge in [-0.15, -0.1) is 13.2 Å². The number of methoxy groups -OCH3 is 1. The van der Waals surface area contributed by atoms with Crippen LogP contribution in [0.1, 0.15) is 18.2 Å². The molecule has 1 aliphatic heterocycles. The summed E-state index contributed by atoms with van der Waals surface area (Å²) >= 11 is 3.48. The van der Waals surface area contributed by atoms with Crippen molar-refractivity contribution in [2.45, 2.75) is 39.0 Å². The van der Waals surface area contributed by atoms with Gasteiger partial charge in [-0.1, -0.05) is 0 Å². The maximum atomic E-state index is 12.7. The van der Waals surface area contributed by atoms with Crippen LogP contribution in [0.3, 0.4) is 0 Å². The molecule has 0 amide bonds. The van der Waals surface area contributed by atoms with Gasteiger partial charge >= 0.3 is 6.36 Å². The van der Waals surface area contributed by atoms with E-state index in [0.717, 1.165) is 5.69 Å². The third-order valence-corrected chi connectivity index (χ3v) is 4.84. The Morgan fingerprint density at radius 1 is 1.36 bits per heavy atom. The second-order valence-electron chi connectivity index (χ2n) is 6.34. The summed E-state index contributed by atoms with van der Waals surface area (Å²) in [6.45, 7) is 3.01. The lowest BCUT2D eigenvalue weighted by Crippen LogP contribution is -2.18. The first-order chi connectivity index (χ1) is 13.3. The predicted molar refractivity (Wildman–Crippen MR) is 97.8 cm³/mol. The molecule has 0 spiro atoms. The minimum atomic E-state index is -4.79. The van der Waals surface area contributed by atoms with Crippen molar-refractivity contribution < 1.29 is 32.1 Å². The van der Waals surface area contributed by atoms with Crippen LogP contribution in [0.5, 0.6) is 5.75 Å². The third kappa shape index (κ3) is 5.05. The summed E-state index contributed by atoms with van der Waals surface area (Å²) in [5.74, 6) is 0.330. The first kappa shape index (κ1) is 21.1. The van der Waals surface area contributed by atoms with Gasteiger partial charge in [-0.05, 0) is 41.1 Å². The van der Waals surface area contributed by atoms with E-state index in [1.54, 1.807) is 12.1 Å². The topological polar surface area (TPSA) is 54.7 Å². The van der Waals surface area contributed by atoms with Crippen molar-refractivity contribution in [3.8, 4) is 17.1 Å². The summed E-state index contributed by atoms with van der Waals surface area (Å²) in [6.07, 6.45) is -4.10. The molecule has 0 bridgehead atoms. The van der Waals surface area contributed by atoms with Gasteiger partial charge in [0.1, 0.15) is 23.0 Å². The van der Waals surface area contributed by atoms with E-state index < -0.39 is 6.36 Å². The smallest absolute Gasteiger partial charge is 0.405 e. The van der Waals surface area contributed by atoms with Crippen molar-refractivity contribution in [1.82, 2.24) is 9.55 Å². The van der Waals surface area contributed by atoms with Gasteiger partial charge in [-0.2, -0.15) is 0 Å². The Bertz CT molecular complexity index is 826. The Hall–Kier alpha value is -1.62. The summed E-state index contributed by atoms with van der Waals surface area (Å²) in [7, 11) is 1.43. The van der Waals surface area contributed by atoms with Gasteiger partial charge in [0.05, 0.1) is 31.6 Å². The molecule has 0 saturated heterocycles. The quantitative estimate of drug-likeness (QED) is 0.471. The molecule has 0 N–H and O–H groups in total. The van der Waals surface area contributed by atoms with E-state index in [1.807, 2.05) is 11.5 Å². The molecular weight excluding hydrogens is 445 g/mol. The summed E-state index contributed by atoms with van der Waals surface area (Å²) < 4.78 is 60.8. The Morgan fingerprint density at radius 2 is 2.14 bits per heavy atom. The van der Waals surface area contributed by atoms with E-state index in [9.17, 15) is 13.2 Å². The van der Waals surface area contributed by atoms with E-state index in [1.165, 1.54) is 13.2 Å². The summed E-state index contributed by atoms with van der Waals surface area (Å²) in [5.41, 5.74) is 1.90. The van der Waals surface area contributed by atoms with Crippen molar-refractivity contribution in [2.24, 2.45) is 0 Å². The zero-order valence-electron chi connectivity index (χ0n) is 15.4. The van der Waals surface area contributed by atoms with Gasteiger partial charge in [0, 0.05) is 24.7 Å². The fourth-order valence-corrected chi connectivity index (χ4v) is 3.65. The van der Waals surface area contributed by atoms with Crippen molar-refractivity contribution in [3.63, 3.8) is 0 Å². The van der Waals surface area contributed by atoms with Crippen molar-refractivity contribution in [3.05, 3.63) is 34.1 Å². The highest BCUT2D eigenvalue weighted by molar-refractivity contribution is 9.10. The fraction of sp³-hybridized carbons (Fsp3) is 0.500. The maximum Gasteiger partial charge on any atom is 0.573 e. The van der Waals surface area contributed by atoms with Gasteiger partial charge < -0.3 is 23.5 Å². The van der Waals surface area contributed by atoms with Crippen molar-refractivity contribution >= 4 is 15.9 Å². The highest BCUT2D eigenvalue weighted by Crippen LogP contribution is 2.33. The number of fused-ring (bicyclic) bond motifs is 1. The number of ether oxygens (including phenoxy) is 4. The molecule has 0 fully saturated rings. The number of hydrogen-bond donors (Lipinski definition) is 0. The van der Waals surface area contributed by atoms with E-state index in [0.29, 0.717) is 35.6 Å². The molecule has 1 aromatic carbocycles. The second-order valence-corrected chi connectivity index (χ2v) is 7.09. The van der Waals surface area contributed by atoms with Gasteiger partial charge in [-0.25, -0.2) is 4.98 Å². The number of rotatable bonds is 6. The Morgan fingerprint density at radius 3 is 2.86 bits per heavy atom. The standard InChI is InChI=1S/C18H20BrF3N2O4/c1-11-8-24-14(5-6-27-11)16(19)23-17(24)12-3-4-15(28-18(20,21)22)13(7-12)9-26-10-25-2/h3-4,7,11H,5-6,8-10H2,1-2H3/t11-/m1/s1. The van der Waals surface area contributed by atoms with Crippen molar-refractivity contribution in [1.29, 1.82) is 0 Å².